The van der Waals surface area contributed by atoms with Crippen LogP contribution in [0.25, 0.3) is 0 Å². The summed E-state index contributed by atoms with van der Waals surface area (Å²) in [7, 11) is 1.99. The number of hydrogen-bond donors (Lipinski definition) is 0. The molecule has 0 atom stereocenters. The summed E-state index contributed by atoms with van der Waals surface area (Å²) in [5, 5.41) is 11.0. The summed E-state index contributed by atoms with van der Waals surface area (Å²) in [6, 6.07) is 24.9. The van der Waals surface area contributed by atoms with Crippen molar-refractivity contribution in [3.63, 3.8) is 0 Å². The van der Waals surface area contributed by atoms with Gasteiger partial charge in [0, 0.05) is 51.8 Å². The number of non-ortho nitro benzene ring substituents is 1. The minimum atomic E-state index is -0.375. The molecule has 0 fully saturated rings. The van der Waals surface area contributed by atoms with E-state index >= 15 is 0 Å². The number of hydrogen-bond acceptors (Lipinski definition) is 7. The zero-order chi connectivity index (χ0) is 25.8. The third-order valence-electron chi connectivity index (χ3n) is 6.45. The van der Waals surface area contributed by atoms with Crippen molar-refractivity contribution in [2.45, 2.75) is 33.0 Å². The Labute approximate surface area is 216 Å². The Balaban J connectivity index is 1.42. The number of nitro benzene ring substituents is 1. The van der Waals surface area contributed by atoms with Gasteiger partial charge in [0.05, 0.1) is 16.2 Å². The molecule has 188 valence electrons. The number of ether oxygens (including phenoxy) is 1. The summed E-state index contributed by atoms with van der Waals surface area (Å²) in [6.45, 7) is 4.86. The van der Waals surface area contributed by atoms with E-state index in [9.17, 15) is 10.1 Å². The number of rotatable bonds is 8. The fourth-order valence-corrected chi connectivity index (χ4v) is 4.52. The molecule has 0 unspecified atom stereocenters. The minimum absolute atomic E-state index is 0.0992. The maximum atomic E-state index is 11.0. The van der Waals surface area contributed by atoms with Gasteiger partial charge in [-0.25, -0.2) is 4.98 Å². The molecule has 1 aliphatic heterocycles. The zero-order valence-corrected chi connectivity index (χ0v) is 21.0. The first-order chi connectivity index (χ1) is 17.9. The molecular weight excluding hydrogens is 466 g/mol. The Bertz CT molecular complexity index is 1390. The number of nitro groups is 1. The topological polar surface area (TPSA) is 84.6 Å². The van der Waals surface area contributed by atoms with Crippen LogP contribution in [-0.4, -0.2) is 33.4 Å². The molecule has 0 amide bonds. The van der Waals surface area contributed by atoms with E-state index in [0.717, 1.165) is 41.1 Å². The van der Waals surface area contributed by atoms with Gasteiger partial charge in [0.2, 0.25) is 11.8 Å². The molecule has 0 aliphatic carbocycles. The van der Waals surface area contributed by atoms with Gasteiger partial charge in [0.1, 0.15) is 5.75 Å². The number of benzene rings is 3. The third-order valence-corrected chi connectivity index (χ3v) is 6.45. The van der Waals surface area contributed by atoms with Crippen molar-refractivity contribution >= 4 is 11.6 Å². The first-order valence-corrected chi connectivity index (χ1v) is 12.3. The average Bonchev–Trinajstić information content (AvgIpc) is 2.90. The first-order valence-electron chi connectivity index (χ1n) is 12.3. The van der Waals surface area contributed by atoms with E-state index in [0.29, 0.717) is 31.5 Å². The summed E-state index contributed by atoms with van der Waals surface area (Å²) in [5.74, 6) is 1.94. The van der Waals surface area contributed by atoms with Crippen molar-refractivity contribution in [2.24, 2.45) is 0 Å². The van der Waals surface area contributed by atoms with Crippen LogP contribution in [0.3, 0.4) is 0 Å². The number of fused-ring (bicyclic) bond motifs is 1. The lowest BCUT2D eigenvalue weighted by Gasteiger charge is -2.30. The fraction of sp³-hybridized carbons (Fsp3) is 0.241. The Morgan fingerprint density at radius 3 is 2.51 bits per heavy atom. The van der Waals surface area contributed by atoms with Gasteiger partial charge in [-0.05, 0) is 35.7 Å². The van der Waals surface area contributed by atoms with Crippen LogP contribution < -0.4 is 9.64 Å². The summed E-state index contributed by atoms with van der Waals surface area (Å²) < 4.78 is 6.36. The lowest BCUT2D eigenvalue weighted by Crippen LogP contribution is -2.32. The molecule has 0 saturated carbocycles. The standard InChI is InChI=1S/C29H29N5O3/c1-21-7-6-10-25(17-21)37-28-26-20-33(19-23-11-13-24(14-12-23)34(35)36)16-15-27(26)30-29(31-28)32(2)18-22-8-4-3-5-9-22/h3-14,17H,15-16,18-20H2,1-2H3. The zero-order valence-electron chi connectivity index (χ0n) is 21.0. The van der Waals surface area contributed by atoms with Crippen LogP contribution in [0.2, 0.25) is 0 Å². The molecule has 4 aromatic rings. The number of anilines is 1. The van der Waals surface area contributed by atoms with Crippen molar-refractivity contribution in [1.29, 1.82) is 0 Å². The maximum absolute atomic E-state index is 11.0. The van der Waals surface area contributed by atoms with Gasteiger partial charge in [-0.15, -0.1) is 0 Å². The summed E-state index contributed by atoms with van der Waals surface area (Å²) in [6.07, 6.45) is 0.765. The highest BCUT2D eigenvalue weighted by molar-refractivity contribution is 5.44. The molecule has 0 saturated heterocycles. The summed E-state index contributed by atoms with van der Waals surface area (Å²) >= 11 is 0. The van der Waals surface area contributed by atoms with Crippen molar-refractivity contribution in [2.75, 3.05) is 18.5 Å². The smallest absolute Gasteiger partial charge is 0.269 e. The Kier molecular flexibility index (Phi) is 7.09. The van der Waals surface area contributed by atoms with Crippen molar-refractivity contribution in [1.82, 2.24) is 14.9 Å². The van der Waals surface area contributed by atoms with Gasteiger partial charge in [-0.3, -0.25) is 15.0 Å². The summed E-state index contributed by atoms with van der Waals surface area (Å²) in [5.41, 5.74) is 5.39. The van der Waals surface area contributed by atoms with E-state index in [4.69, 9.17) is 14.7 Å². The number of aryl methyl sites for hydroxylation is 1. The molecule has 0 radical (unpaired) electrons. The van der Waals surface area contributed by atoms with Crippen LogP contribution in [-0.2, 0) is 26.1 Å². The fourth-order valence-electron chi connectivity index (χ4n) is 4.52. The summed E-state index contributed by atoms with van der Waals surface area (Å²) in [4.78, 5) is 24.8. The predicted octanol–water partition coefficient (Wildman–Crippen LogP) is 5.68. The quantitative estimate of drug-likeness (QED) is 0.230. The van der Waals surface area contributed by atoms with Gasteiger partial charge in [-0.1, -0.05) is 54.6 Å². The highest BCUT2D eigenvalue weighted by atomic mass is 16.6. The molecule has 1 aromatic heterocycles. The van der Waals surface area contributed by atoms with Crippen molar-refractivity contribution in [3.8, 4) is 11.6 Å². The minimum Gasteiger partial charge on any atom is -0.438 e. The lowest BCUT2D eigenvalue weighted by atomic mass is 10.1. The van der Waals surface area contributed by atoms with Gasteiger partial charge >= 0.3 is 0 Å². The van der Waals surface area contributed by atoms with E-state index in [1.54, 1.807) is 12.1 Å². The molecule has 8 nitrogen and oxygen atoms in total. The Hall–Kier alpha value is -4.30. The van der Waals surface area contributed by atoms with Crippen LogP contribution in [0.1, 0.15) is 27.9 Å². The Morgan fingerprint density at radius 2 is 1.78 bits per heavy atom. The van der Waals surface area contributed by atoms with E-state index in [1.807, 2.05) is 73.5 Å². The predicted molar refractivity (Wildman–Crippen MR) is 143 cm³/mol. The monoisotopic (exact) mass is 495 g/mol. The van der Waals surface area contributed by atoms with Gasteiger partial charge in [0.15, 0.2) is 0 Å². The normalized spacial score (nSPS) is 13.1. The first kappa shape index (κ1) is 24.4. The van der Waals surface area contributed by atoms with E-state index < -0.39 is 0 Å². The largest absolute Gasteiger partial charge is 0.438 e. The number of nitrogens with zero attached hydrogens (tertiary/aromatic N) is 5. The van der Waals surface area contributed by atoms with Crippen LogP contribution >= 0.6 is 0 Å². The SMILES string of the molecule is Cc1cccc(Oc2nc(N(C)Cc3ccccc3)nc3c2CN(Cc2ccc([N+](=O)[O-])cc2)CC3)c1. The highest BCUT2D eigenvalue weighted by Crippen LogP contribution is 2.32. The maximum Gasteiger partial charge on any atom is 0.269 e. The van der Waals surface area contributed by atoms with Gasteiger partial charge < -0.3 is 9.64 Å². The lowest BCUT2D eigenvalue weighted by molar-refractivity contribution is -0.384. The Morgan fingerprint density at radius 1 is 1.00 bits per heavy atom. The number of aromatic nitrogens is 2. The second kappa shape index (κ2) is 10.8. The molecule has 1 aliphatic rings. The van der Waals surface area contributed by atoms with Crippen LogP contribution in [0, 0.1) is 17.0 Å². The van der Waals surface area contributed by atoms with E-state index in [-0.39, 0.29) is 10.6 Å². The molecule has 37 heavy (non-hydrogen) atoms. The van der Waals surface area contributed by atoms with Gasteiger partial charge in [0.25, 0.3) is 5.69 Å². The van der Waals surface area contributed by atoms with Crippen molar-refractivity contribution in [3.05, 3.63) is 117 Å². The molecule has 8 heteroatoms. The van der Waals surface area contributed by atoms with Crippen LogP contribution in [0.4, 0.5) is 11.6 Å². The van der Waals surface area contributed by atoms with Crippen LogP contribution in [0.15, 0.2) is 78.9 Å². The van der Waals surface area contributed by atoms with Crippen molar-refractivity contribution < 1.29 is 9.66 Å². The van der Waals surface area contributed by atoms with E-state index in [2.05, 4.69) is 17.0 Å². The third kappa shape index (κ3) is 5.92. The van der Waals surface area contributed by atoms with E-state index in [1.165, 1.54) is 5.56 Å². The molecule has 5 rings (SSSR count). The second-order valence-electron chi connectivity index (χ2n) is 9.40. The molecular formula is C29H29N5O3. The molecule has 0 N–H and O–H groups in total. The van der Waals surface area contributed by atoms with Crippen LogP contribution in [0.5, 0.6) is 11.6 Å². The average molecular weight is 496 g/mol. The highest BCUT2D eigenvalue weighted by Gasteiger charge is 2.25. The molecule has 3 aromatic carbocycles. The molecule has 0 bridgehead atoms. The second-order valence-corrected chi connectivity index (χ2v) is 9.40. The van der Waals surface area contributed by atoms with Gasteiger partial charge in [-0.2, -0.15) is 4.98 Å². The molecule has 2 heterocycles. The molecule has 0 spiro atoms.